The van der Waals surface area contributed by atoms with Crippen LogP contribution in [0, 0.1) is 17.1 Å². The zero-order valence-electron chi connectivity index (χ0n) is 7.55. The third-order valence-corrected chi connectivity index (χ3v) is 2.91. The second-order valence-electron chi connectivity index (χ2n) is 4.18. The Hall–Kier alpha value is -0.570. The Morgan fingerprint density at radius 1 is 1.67 bits per heavy atom. The molecule has 0 atom stereocenters. The summed E-state index contributed by atoms with van der Waals surface area (Å²) < 4.78 is 3.01. The van der Waals surface area contributed by atoms with Crippen LogP contribution in [0.1, 0.15) is 25.5 Å². The molecule has 1 heterocycles. The summed E-state index contributed by atoms with van der Waals surface area (Å²) in [6.07, 6.45) is 4.80. The van der Waals surface area contributed by atoms with Crippen molar-refractivity contribution < 1.29 is 0 Å². The molecule has 0 bridgehead atoms. The van der Waals surface area contributed by atoms with E-state index < -0.39 is 0 Å². The molecule has 0 spiro atoms. The van der Waals surface area contributed by atoms with E-state index in [-0.39, 0.29) is 0 Å². The zero-order valence-corrected chi connectivity index (χ0v) is 8.37. The maximum Gasteiger partial charge on any atom is 0.177 e. The van der Waals surface area contributed by atoms with Crippen molar-refractivity contribution in [2.75, 3.05) is 0 Å². The molecule has 1 N–H and O–H groups in total. The van der Waals surface area contributed by atoms with Crippen LogP contribution in [0.4, 0.5) is 0 Å². The van der Waals surface area contributed by atoms with Gasteiger partial charge in [-0.25, -0.2) is 0 Å². The van der Waals surface area contributed by atoms with E-state index in [0.29, 0.717) is 5.41 Å². The highest BCUT2D eigenvalue weighted by molar-refractivity contribution is 7.71. The van der Waals surface area contributed by atoms with Crippen LogP contribution >= 0.6 is 12.2 Å². The number of aryl methyl sites for hydroxylation is 1. The van der Waals surface area contributed by atoms with E-state index in [1.807, 2.05) is 6.92 Å². The Morgan fingerprint density at radius 2 is 2.33 bits per heavy atom. The average Bonchev–Trinajstić information content (AvgIpc) is 2.58. The van der Waals surface area contributed by atoms with Crippen LogP contribution in [0.2, 0.25) is 0 Å². The molecule has 12 heavy (non-hydrogen) atoms. The molecule has 66 valence electrons. The summed E-state index contributed by atoms with van der Waals surface area (Å²) in [7, 11) is 0. The number of hydrogen-bond donors (Lipinski definition) is 1. The van der Waals surface area contributed by atoms with Crippen LogP contribution < -0.4 is 0 Å². The van der Waals surface area contributed by atoms with Crippen molar-refractivity contribution in [1.82, 2.24) is 9.55 Å². The first-order chi connectivity index (χ1) is 5.59. The summed E-state index contributed by atoms with van der Waals surface area (Å²) in [5.41, 5.74) is 1.69. The van der Waals surface area contributed by atoms with Gasteiger partial charge in [0.05, 0.1) is 0 Å². The smallest absolute Gasteiger partial charge is 0.177 e. The maximum absolute atomic E-state index is 5.18. The van der Waals surface area contributed by atoms with Gasteiger partial charge in [-0.05, 0) is 37.4 Å². The normalized spacial score (nSPS) is 19.5. The summed E-state index contributed by atoms with van der Waals surface area (Å²) in [6.45, 7) is 5.44. The van der Waals surface area contributed by atoms with Crippen molar-refractivity contribution in [3.8, 4) is 0 Å². The van der Waals surface area contributed by atoms with Crippen LogP contribution in [0.5, 0.6) is 0 Å². The highest BCUT2D eigenvalue weighted by atomic mass is 32.1. The van der Waals surface area contributed by atoms with Gasteiger partial charge in [-0.3, -0.25) is 0 Å². The minimum Gasteiger partial charge on any atom is -0.335 e. The van der Waals surface area contributed by atoms with E-state index in [9.17, 15) is 0 Å². The van der Waals surface area contributed by atoms with E-state index in [1.165, 1.54) is 12.8 Å². The molecule has 0 unspecified atom stereocenters. The summed E-state index contributed by atoms with van der Waals surface area (Å²) in [6, 6.07) is 0. The zero-order chi connectivity index (χ0) is 8.77. The van der Waals surface area contributed by atoms with Crippen molar-refractivity contribution >= 4 is 12.2 Å². The topological polar surface area (TPSA) is 20.7 Å². The molecular weight excluding hydrogens is 168 g/mol. The van der Waals surface area contributed by atoms with Gasteiger partial charge in [0.1, 0.15) is 0 Å². The van der Waals surface area contributed by atoms with Gasteiger partial charge in [-0.1, -0.05) is 6.92 Å². The van der Waals surface area contributed by atoms with Crippen LogP contribution in [0.15, 0.2) is 6.20 Å². The lowest BCUT2D eigenvalue weighted by molar-refractivity contribution is 0.461. The fourth-order valence-electron chi connectivity index (χ4n) is 1.47. The maximum atomic E-state index is 5.18. The molecule has 1 saturated carbocycles. The SMILES string of the molecule is Cc1cn(CC2(C)CC2)c(=S)[nH]1. The standard InChI is InChI=1S/C9H14N2S/c1-7-5-11(8(12)10-7)6-9(2)3-4-9/h5H,3-4,6H2,1-2H3,(H,10,12). The minimum absolute atomic E-state index is 0.535. The minimum atomic E-state index is 0.535. The number of hydrogen-bond acceptors (Lipinski definition) is 1. The molecule has 1 aliphatic carbocycles. The first-order valence-corrected chi connectivity index (χ1v) is 4.76. The predicted molar refractivity (Wildman–Crippen MR) is 51.7 cm³/mol. The Balaban J connectivity index is 2.22. The molecule has 1 aliphatic rings. The molecule has 0 aromatic carbocycles. The summed E-state index contributed by atoms with van der Waals surface area (Å²) in [5, 5.41) is 0. The quantitative estimate of drug-likeness (QED) is 0.697. The van der Waals surface area contributed by atoms with E-state index in [1.54, 1.807) is 0 Å². The number of nitrogens with zero attached hydrogens (tertiary/aromatic N) is 1. The molecule has 0 saturated heterocycles. The summed E-state index contributed by atoms with van der Waals surface area (Å²) >= 11 is 5.18. The number of aromatic amines is 1. The number of H-pyrrole nitrogens is 1. The van der Waals surface area contributed by atoms with Crippen molar-refractivity contribution in [2.45, 2.75) is 33.2 Å². The van der Waals surface area contributed by atoms with Crippen molar-refractivity contribution in [1.29, 1.82) is 0 Å². The van der Waals surface area contributed by atoms with Gasteiger partial charge in [0.15, 0.2) is 4.77 Å². The largest absolute Gasteiger partial charge is 0.335 e. The average molecular weight is 182 g/mol. The molecule has 1 aromatic rings. The summed E-state index contributed by atoms with van der Waals surface area (Å²) in [4.78, 5) is 3.14. The highest BCUT2D eigenvalue weighted by Gasteiger charge is 2.37. The van der Waals surface area contributed by atoms with Crippen LogP contribution in [0.25, 0.3) is 0 Å². The Morgan fingerprint density at radius 3 is 2.75 bits per heavy atom. The first kappa shape index (κ1) is 8.05. The van der Waals surface area contributed by atoms with Gasteiger partial charge in [0, 0.05) is 18.4 Å². The van der Waals surface area contributed by atoms with Gasteiger partial charge >= 0.3 is 0 Å². The van der Waals surface area contributed by atoms with E-state index in [4.69, 9.17) is 12.2 Å². The predicted octanol–water partition coefficient (Wildman–Crippen LogP) is 2.65. The van der Waals surface area contributed by atoms with Crippen LogP contribution in [-0.2, 0) is 6.54 Å². The Bertz CT molecular complexity index is 344. The van der Waals surface area contributed by atoms with Crippen molar-refractivity contribution in [3.05, 3.63) is 16.7 Å². The van der Waals surface area contributed by atoms with Gasteiger partial charge in [0.25, 0.3) is 0 Å². The van der Waals surface area contributed by atoms with E-state index in [0.717, 1.165) is 17.0 Å². The first-order valence-electron chi connectivity index (χ1n) is 4.35. The highest BCUT2D eigenvalue weighted by Crippen LogP contribution is 2.46. The number of imidazole rings is 1. The lowest BCUT2D eigenvalue weighted by Gasteiger charge is -2.07. The lowest BCUT2D eigenvalue weighted by atomic mass is 10.1. The second-order valence-corrected chi connectivity index (χ2v) is 4.57. The third-order valence-electron chi connectivity index (χ3n) is 2.57. The van der Waals surface area contributed by atoms with E-state index >= 15 is 0 Å². The van der Waals surface area contributed by atoms with Crippen molar-refractivity contribution in [3.63, 3.8) is 0 Å². The van der Waals surface area contributed by atoms with Gasteiger partial charge < -0.3 is 9.55 Å². The molecule has 1 aromatic heterocycles. The van der Waals surface area contributed by atoms with Gasteiger partial charge in [-0.2, -0.15) is 0 Å². The fraction of sp³-hybridized carbons (Fsp3) is 0.667. The van der Waals surface area contributed by atoms with Crippen LogP contribution in [-0.4, -0.2) is 9.55 Å². The number of aromatic nitrogens is 2. The Kier molecular flexibility index (Phi) is 1.65. The van der Waals surface area contributed by atoms with E-state index in [2.05, 4.69) is 22.7 Å². The summed E-state index contributed by atoms with van der Waals surface area (Å²) in [5.74, 6) is 0. The number of nitrogens with one attached hydrogen (secondary N) is 1. The molecule has 1 fully saturated rings. The molecule has 0 amide bonds. The fourth-order valence-corrected chi connectivity index (χ4v) is 1.74. The van der Waals surface area contributed by atoms with Gasteiger partial charge in [0.2, 0.25) is 0 Å². The molecule has 0 aliphatic heterocycles. The lowest BCUT2D eigenvalue weighted by Crippen LogP contribution is -2.06. The molecule has 2 nitrogen and oxygen atoms in total. The van der Waals surface area contributed by atoms with Crippen LogP contribution in [0.3, 0.4) is 0 Å². The molecule has 2 rings (SSSR count). The number of rotatable bonds is 2. The second kappa shape index (κ2) is 2.46. The van der Waals surface area contributed by atoms with Crippen molar-refractivity contribution in [2.24, 2.45) is 5.41 Å². The molecule has 3 heteroatoms. The third kappa shape index (κ3) is 1.46. The Labute approximate surface area is 77.6 Å². The molecular formula is C9H14N2S. The monoisotopic (exact) mass is 182 g/mol. The van der Waals surface area contributed by atoms with Gasteiger partial charge in [-0.15, -0.1) is 0 Å². The molecule has 0 radical (unpaired) electrons.